The highest BCUT2D eigenvalue weighted by Crippen LogP contribution is 2.12. The van der Waals surface area contributed by atoms with Gasteiger partial charge in [-0.25, -0.2) is 4.99 Å². The lowest BCUT2D eigenvalue weighted by molar-refractivity contribution is 0.445. The molecule has 10 heteroatoms. The van der Waals surface area contributed by atoms with Crippen molar-refractivity contribution < 1.29 is 0 Å². The minimum Gasteiger partial charge on any atom is -0.386 e. The van der Waals surface area contributed by atoms with Crippen LogP contribution in [0.2, 0.25) is 0 Å². The zero-order valence-electron chi connectivity index (χ0n) is 26.3. The van der Waals surface area contributed by atoms with E-state index < -0.39 is 0 Å². The monoisotopic (exact) mass is 553 g/mol. The van der Waals surface area contributed by atoms with Crippen LogP contribution in [0.4, 0.5) is 0 Å². The molecule has 10 N–H and O–H groups in total. The van der Waals surface area contributed by atoms with Crippen LogP contribution in [-0.4, -0.2) is 56.4 Å². The third-order valence-corrected chi connectivity index (χ3v) is 6.51. The van der Waals surface area contributed by atoms with E-state index in [1.807, 2.05) is 13.8 Å². The van der Waals surface area contributed by atoms with Gasteiger partial charge in [0, 0.05) is 26.2 Å². The number of aliphatic imine (C=N–C) groups is 4. The Morgan fingerprint density at radius 3 is 1.72 bits per heavy atom. The average molecular weight is 553 g/mol. The van der Waals surface area contributed by atoms with Gasteiger partial charge in [0.15, 0.2) is 17.9 Å². The van der Waals surface area contributed by atoms with Crippen molar-refractivity contribution in [2.24, 2.45) is 54.7 Å². The first-order valence-corrected chi connectivity index (χ1v) is 15.5. The van der Waals surface area contributed by atoms with Gasteiger partial charge in [-0.1, -0.05) is 92.9 Å². The van der Waals surface area contributed by atoms with Crippen LogP contribution in [0.15, 0.2) is 20.0 Å². The van der Waals surface area contributed by atoms with Crippen LogP contribution < -0.4 is 33.6 Å². The Bertz CT molecular complexity index is 673. The van der Waals surface area contributed by atoms with Gasteiger partial charge in [0.2, 0.25) is 0 Å². The maximum absolute atomic E-state index is 5.97. The molecule has 230 valence electrons. The second-order valence-electron chi connectivity index (χ2n) is 9.82. The Morgan fingerprint density at radius 2 is 1.15 bits per heavy atom. The van der Waals surface area contributed by atoms with Crippen molar-refractivity contribution in [2.75, 3.05) is 32.7 Å². The lowest BCUT2D eigenvalue weighted by Crippen LogP contribution is -2.42. The molecule has 0 aromatic carbocycles. The van der Waals surface area contributed by atoms with Crippen LogP contribution in [-0.2, 0) is 0 Å². The fourth-order valence-electron chi connectivity index (χ4n) is 3.82. The summed E-state index contributed by atoms with van der Waals surface area (Å²) in [4.78, 5) is 17.4. The smallest absolute Gasteiger partial charge is 0.195 e. The molecule has 0 bridgehead atoms. The van der Waals surface area contributed by atoms with Crippen molar-refractivity contribution in [3.63, 3.8) is 0 Å². The fourth-order valence-corrected chi connectivity index (χ4v) is 3.82. The van der Waals surface area contributed by atoms with Crippen LogP contribution in [0.5, 0.6) is 0 Å². The molecule has 0 aromatic rings. The number of guanidine groups is 3. The predicted molar refractivity (Wildman–Crippen MR) is 174 cm³/mol. The maximum atomic E-state index is 5.97. The molecule has 0 radical (unpaired) electrons. The fraction of sp³-hybridized carbons (Fsp3) is 0.862. The van der Waals surface area contributed by atoms with E-state index in [1.54, 1.807) is 0 Å². The van der Waals surface area contributed by atoms with Crippen molar-refractivity contribution in [1.29, 1.82) is 0 Å². The predicted octanol–water partition coefficient (Wildman–Crippen LogP) is 4.49. The highest BCUT2D eigenvalue weighted by Gasteiger charge is 2.06. The van der Waals surface area contributed by atoms with Gasteiger partial charge in [0.05, 0.1) is 6.54 Å². The highest BCUT2D eigenvalue weighted by molar-refractivity contribution is 5.97. The second kappa shape index (κ2) is 28.5. The average Bonchev–Trinajstić information content (AvgIpc) is 2.94. The van der Waals surface area contributed by atoms with Gasteiger partial charge in [-0.05, 0) is 37.5 Å². The van der Waals surface area contributed by atoms with Crippen LogP contribution in [0.25, 0.3) is 0 Å². The minimum atomic E-state index is 0.320. The summed E-state index contributed by atoms with van der Waals surface area (Å²) in [5.74, 6) is 2.81. The maximum Gasteiger partial charge on any atom is 0.195 e. The Hall–Kier alpha value is -2.52. The number of nitrogens with one attached hydrogen (secondary N) is 2. The van der Waals surface area contributed by atoms with Gasteiger partial charge in [-0.3, -0.25) is 20.3 Å². The molecule has 2 unspecified atom stereocenters. The van der Waals surface area contributed by atoms with E-state index in [0.29, 0.717) is 55.2 Å². The molecule has 0 saturated carbocycles. The topological polar surface area (TPSA) is 178 Å². The number of rotatable bonds is 21. The summed E-state index contributed by atoms with van der Waals surface area (Å²) in [7, 11) is 0. The normalized spacial score (nSPS) is 14.4. The number of nitrogens with two attached hydrogens (primary N) is 4. The van der Waals surface area contributed by atoms with Crippen LogP contribution >= 0.6 is 0 Å². The van der Waals surface area contributed by atoms with Gasteiger partial charge >= 0.3 is 0 Å². The Morgan fingerprint density at radius 1 is 0.615 bits per heavy atom. The number of amidine groups is 1. The van der Waals surface area contributed by atoms with E-state index in [9.17, 15) is 0 Å². The third kappa shape index (κ3) is 25.5. The first-order valence-electron chi connectivity index (χ1n) is 15.5. The second-order valence-corrected chi connectivity index (χ2v) is 9.82. The molecule has 0 fully saturated rings. The lowest BCUT2D eigenvalue weighted by Gasteiger charge is -2.15. The van der Waals surface area contributed by atoms with Crippen LogP contribution in [0, 0.1) is 11.8 Å². The Kier molecular flexibility index (Phi) is 28.2. The summed E-state index contributed by atoms with van der Waals surface area (Å²) in [5, 5.41) is 6.09. The van der Waals surface area contributed by atoms with E-state index in [2.05, 4.69) is 58.3 Å². The minimum absolute atomic E-state index is 0.320. The standard InChI is InChI=1S/C27H58N10.C2H6/c1-5-9-15-22(7-3)19-34-25(29)36-21-24(28)32-17-13-11-12-14-18-33-26(30)37-27(31)35-20-23(8-4)16-10-6-2;1-2/h22-23H,5-21H2,1-4H3,(H2,28,32)(H3,29,34,36)(H5,30,31,33,35,37);1-2H3. The Balaban J connectivity index is 0. The van der Waals surface area contributed by atoms with E-state index in [4.69, 9.17) is 22.9 Å². The first kappa shape index (κ1) is 38.6. The van der Waals surface area contributed by atoms with Crippen molar-refractivity contribution in [3.8, 4) is 0 Å². The lowest BCUT2D eigenvalue weighted by atomic mass is 9.99. The van der Waals surface area contributed by atoms with Gasteiger partial charge in [0.1, 0.15) is 5.84 Å². The zero-order valence-corrected chi connectivity index (χ0v) is 26.3. The molecule has 0 saturated heterocycles. The Labute approximate surface area is 240 Å². The summed E-state index contributed by atoms with van der Waals surface area (Å²) in [6.45, 7) is 16.1. The van der Waals surface area contributed by atoms with Gasteiger partial charge in [0.25, 0.3) is 0 Å². The number of nitrogens with zero attached hydrogens (tertiary/aromatic N) is 4. The number of unbranched alkanes of at least 4 members (excludes halogenated alkanes) is 5. The summed E-state index contributed by atoms with van der Waals surface area (Å²) >= 11 is 0. The number of hydrogen-bond acceptors (Lipinski definition) is 4. The summed E-state index contributed by atoms with van der Waals surface area (Å²) < 4.78 is 0. The summed E-state index contributed by atoms with van der Waals surface area (Å²) in [6.07, 6.45) is 13.6. The molecular weight excluding hydrogens is 488 g/mol. The molecule has 0 aromatic heterocycles. The van der Waals surface area contributed by atoms with E-state index in [0.717, 1.165) is 51.6 Å². The molecular formula is C29H64N10. The molecule has 0 aliphatic rings. The van der Waals surface area contributed by atoms with Gasteiger partial charge in [-0.15, -0.1) is 0 Å². The van der Waals surface area contributed by atoms with Crippen LogP contribution in [0.3, 0.4) is 0 Å². The largest absolute Gasteiger partial charge is 0.386 e. The molecule has 0 rings (SSSR count). The third-order valence-electron chi connectivity index (χ3n) is 6.51. The highest BCUT2D eigenvalue weighted by atomic mass is 15.2. The first-order chi connectivity index (χ1) is 18.9. The van der Waals surface area contributed by atoms with Crippen molar-refractivity contribution in [3.05, 3.63) is 0 Å². The van der Waals surface area contributed by atoms with E-state index in [-0.39, 0.29) is 0 Å². The molecule has 0 aliphatic carbocycles. The van der Waals surface area contributed by atoms with E-state index in [1.165, 1.54) is 38.5 Å². The van der Waals surface area contributed by atoms with Crippen molar-refractivity contribution >= 4 is 23.7 Å². The van der Waals surface area contributed by atoms with E-state index >= 15 is 0 Å². The zero-order chi connectivity index (χ0) is 29.7. The molecule has 0 aliphatic heterocycles. The van der Waals surface area contributed by atoms with Crippen LogP contribution in [0.1, 0.15) is 119 Å². The quantitative estimate of drug-likeness (QED) is 0.0694. The SMILES string of the molecule is CC.CCCCC(CC)CN=C(N)NC(N)=NCCCCCCN=C(N)CN=C(N)NCC(CC)CCCC. The molecule has 39 heavy (non-hydrogen) atoms. The van der Waals surface area contributed by atoms with Crippen molar-refractivity contribution in [1.82, 2.24) is 10.6 Å². The molecule has 0 spiro atoms. The number of hydrogen-bond donors (Lipinski definition) is 6. The summed E-state index contributed by atoms with van der Waals surface area (Å²) in [5.41, 5.74) is 23.8. The van der Waals surface area contributed by atoms with Gasteiger partial charge in [-0.2, -0.15) is 0 Å². The molecule has 10 nitrogen and oxygen atoms in total. The van der Waals surface area contributed by atoms with Gasteiger partial charge < -0.3 is 28.3 Å². The molecule has 2 atom stereocenters. The molecule has 0 amide bonds. The molecule has 0 heterocycles. The summed E-state index contributed by atoms with van der Waals surface area (Å²) in [6, 6.07) is 0. The van der Waals surface area contributed by atoms with Crippen molar-refractivity contribution in [2.45, 2.75) is 119 Å².